The first kappa shape index (κ1) is 15.2. The lowest BCUT2D eigenvalue weighted by Crippen LogP contribution is -2.41. The van der Waals surface area contributed by atoms with E-state index < -0.39 is 24.0 Å². The van der Waals surface area contributed by atoms with Crippen LogP contribution < -0.4 is 0 Å². The summed E-state index contributed by atoms with van der Waals surface area (Å²) < 4.78 is 27.9. The molecule has 0 amide bonds. The van der Waals surface area contributed by atoms with E-state index in [-0.39, 0.29) is 0 Å². The molecule has 0 atom stereocenters. The van der Waals surface area contributed by atoms with Gasteiger partial charge < -0.3 is 13.7 Å². The first-order valence-corrected chi connectivity index (χ1v) is 7.38. The average Bonchev–Trinajstić information content (AvgIpc) is 2.85. The summed E-state index contributed by atoms with van der Waals surface area (Å²) in [5.41, 5.74) is -0.163. The number of aryl methyl sites for hydroxylation is 1. The Morgan fingerprint density at radius 1 is 1.23 bits per heavy atom. The molecule has 0 bridgehead atoms. The van der Waals surface area contributed by atoms with Crippen molar-refractivity contribution in [2.45, 2.75) is 45.8 Å². The Balaban J connectivity index is 1.95. The molecule has 2 aromatic rings. The van der Waals surface area contributed by atoms with Crippen molar-refractivity contribution in [3.05, 3.63) is 41.6 Å². The molecule has 0 aromatic carbocycles. The van der Waals surface area contributed by atoms with Gasteiger partial charge >= 0.3 is 7.12 Å². The largest absolute Gasteiger partial charge is 0.525 e. The monoisotopic (exact) mass is 302 g/mol. The third-order valence-corrected chi connectivity index (χ3v) is 4.51. The highest BCUT2D eigenvalue weighted by molar-refractivity contribution is 6.54. The number of halogens is 1. The summed E-state index contributed by atoms with van der Waals surface area (Å²) in [6, 6.07) is 5.73. The van der Waals surface area contributed by atoms with Crippen molar-refractivity contribution in [2.24, 2.45) is 0 Å². The first-order chi connectivity index (χ1) is 10.2. The van der Waals surface area contributed by atoms with Crippen molar-refractivity contribution in [3.8, 4) is 0 Å². The summed E-state index contributed by atoms with van der Waals surface area (Å²) in [7, 11) is -0.995. The fourth-order valence-corrected chi connectivity index (χ4v) is 2.48. The summed E-state index contributed by atoms with van der Waals surface area (Å²) >= 11 is 0. The smallest absolute Gasteiger partial charge is 0.398 e. The normalized spacial score (nSPS) is 20.8. The molecule has 0 spiro atoms. The molecule has 2 aromatic heterocycles. The maximum absolute atomic E-state index is 14.6. The zero-order valence-corrected chi connectivity index (χ0v) is 13.6. The summed E-state index contributed by atoms with van der Waals surface area (Å²) in [6.07, 6.45) is 3.30. The van der Waals surface area contributed by atoms with E-state index >= 15 is 0 Å². The van der Waals surface area contributed by atoms with Crippen LogP contribution in [0.25, 0.3) is 11.6 Å². The van der Waals surface area contributed by atoms with Crippen LogP contribution in [-0.2, 0) is 9.31 Å². The third-order valence-electron chi connectivity index (χ3n) is 4.51. The lowest BCUT2D eigenvalue weighted by molar-refractivity contribution is 0.00578. The van der Waals surface area contributed by atoms with Crippen LogP contribution in [0.3, 0.4) is 0 Å². The maximum Gasteiger partial charge on any atom is 0.525 e. The lowest BCUT2D eigenvalue weighted by Gasteiger charge is -2.32. The van der Waals surface area contributed by atoms with Crippen molar-refractivity contribution in [3.63, 3.8) is 0 Å². The minimum atomic E-state index is -0.995. The van der Waals surface area contributed by atoms with Gasteiger partial charge in [0.05, 0.1) is 22.4 Å². The van der Waals surface area contributed by atoms with Crippen molar-refractivity contribution in [1.82, 2.24) is 9.38 Å². The van der Waals surface area contributed by atoms with Gasteiger partial charge in [-0.2, -0.15) is 0 Å². The summed E-state index contributed by atoms with van der Waals surface area (Å²) in [6.45, 7) is 9.48. The zero-order chi connectivity index (χ0) is 16.1. The average molecular weight is 302 g/mol. The molecule has 22 heavy (non-hydrogen) atoms. The van der Waals surface area contributed by atoms with Crippen LogP contribution in [0.5, 0.6) is 0 Å². The van der Waals surface area contributed by atoms with Crippen LogP contribution in [0.4, 0.5) is 4.39 Å². The molecule has 1 aliphatic rings. The number of rotatable bonds is 2. The summed E-state index contributed by atoms with van der Waals surface area (Å²) in [5.74, 6) is 0.809. The standard InChI is InChI=1S/C16H20BFN2O2/c1-11-19-12(13-8-6-7-9-20(11)13)10-14(18)17-21-15(2,3)16(4,5)22-17/h6-10H,1-5H3. The predicted octanol–water partition coefficient (Wildman–Crippen LogP) is 3.58. The summed E-state index contributed by atoms with van der Waals surface area (Å²) in [4.78, 5) is 4.41. The Morgan fingerprint density at radius 2 is 1.86 bits per heavy atom. The minimum absolute atomic E-state index is 0.470. The van der Waals surface area contributed by atoms with Gasteiger partial charge in [0.15, 0.2) is 0 Å². The number of hydrogen-bond acceptors (Lipinski definition) is 3. The van der Waals surface area contributed by atoms with Gasteiger partial charge in [0.1, 0.15) is 11.6 Å². The van der Waals surface area contributed by atoms with Crippen molar-refractivity contribution < 1.29 is 13.7 Å². The Kier molecular flexibility index (Phi) is 3.42. The quantitative estimate of drug-likeness (QED) is 0.795. The second kappa shape index (κ2) is 4.93. The van der Waals surface area contributed by atoms with E-state index in [1.165, 1.54) is 6.08 Å². The number of fused-ring (bicyclic) bond motifs is 1. The molecule has 0 unspecified atom stereocenters. The highest BCUT2D eigenvalue weighted by atomic mass is 19.1. The topological polar surface area (TPSA) is 35.8 Å². The SMILES string of the molecule is Cc1nc(C=C(F)B2OC(C)(C)C(C)(C)O2)c2ccccn12. The molecular formula is C16H20BFN2O2. The molecule has 0 radical (unpaired) electrons. The van der Waals surface area contributed by atoms with Gasteiger partial charge in [-0.25, -0.2) is 9.37 Å². The summed E-state index contributed by atoms with van der Waals surface area (Å²) in [5, 5.41) is 0. The van der Waals surface area contributed by atoms with Gasteiger partial charge in [-0.1, -0.05) is 6.07 Å². The van der Waals surface area contributed by atoms with Crippen molar-refractivity contribution in [2.75, 3.05) is 0 Å². The first-order valence-electron chi connectivity index (χ1n) is 7.38. The van der Waals surface area contributed by atoms with Crippen LogP contribution in [0.1, 0.15) is 39.2 Å². The van der Waals surface area contributed by atoms with E-state index in [2.05, 4.69) is 4.98 Å². The highest BCUT2D eigenvalue weighted by Gasteiger charge is 2.53. The molecular weight excluding hydrogens is 282 g/mol. The molecule has 0 saturated carbocycles. The number of aromatic nitrogens is 2. The van der Waals surface area contributed by atoms with E-state index in [1.807, 2.05) is 63.4 Å². The van der Waals surface area contributed by atoms with Gasteiger partial charge in [-0.3, -0.25) is 0 Å². The molecule has 3 rings (SSSR count). The van der Waals surface area contributed by atoms with Gasteiger partial charge in [-0.05, 0) is 52.8 Å². The van der Waals surface area contributed by atoms with E-state index in [1.54, 1.807) is 0 Å². The Morgan fingerprint density at radius 3 is 2.50 bits per heavy atom. The number of hydrogen-bond donors (Lipinski definition) is 0. The lowest BCUT2D eigenvalue weighted by atomic mass is 9.87. The van der Waals surface area contributed by atoms with Gasteiger partial charge in [-0.15, -0.1) is 0 Å². The second-order valence-electron chi connectivity index (χ2n) is 6.62. The van der Waals surface area contributed by atoms with Crippen LogP contribution in [0, 0.1) is 6.92 Å². The van der Waals surface area contributed by atoms with Crippen LogP contribution in [-0.4, -0.2) is 27.7 Å². The second-order valence-corrected chi connectivity index (χ2v) is 6.62. The molecule has 1 saturated heterocycles. The Labute approximate surface area is 130 Å². The van der Waals surface area contributed by atoms with E-state index in [9.17, 15) is 4.39 Å². The third kappa shape index (κ3) is 2.36. The Bertz CT molecular complexity index is 736. The fourth-order valence-electron chi connectivity index (χ4n) is 2.48. The zero-order valence-electron chi connectivity index (χ0n) is 13.6. The highest BCUT2D eigenvalue weighted by Crippen LogP contribution is 2.39. The van der Waals surface area contributed by atoms with Gasteiger partial charge in [0.2, 0.25) is 0 Å². The van der Waals surface area contributed by atoms with Crippen LogP contribution >= 0.6 is 0 Å². The molecule has 116 valence electrons. The number of pyridine rings is 1. The molecule has 1 aliphatic heterocycles. The van der Waals surface area contributed by atoms with E-state index in [0.717, 1.165) is 11.3 Å². The van der Waals surface area contributed by atoms with Gasteiger partial charge in [0.25, 0.3) is 0 Å². The molecule has 1 fully saturated rings. The van der Waals surface area contributed by atoms with Crippen LogP contribution in [0.15, 0.2) is 30.1 Å². The maximum atomic E-state index is 14.6. The number of imidazole rings is 1. The van der Waals surface area contributed by atoms with E-state index in [0.29, 0.717) is 5.69 Å². The predicted molar refractivity (Wildman–Crippen MR) is 85.1 cm³/mol. The van der Waals surface area contributed by atoms with Crippen LogP contribution in [0.2, 0.25) is 0 Å². The van der Waals surface area contributed by atoms with Gasteiger partial charge in [0, 0.05) is 6.20 Å². The molecule has 0 aliphatic carbocycles. The fraction of sp³-hybridized carbons (Fsp3) is 0.438. The molecule has 3 heterocycles. The minimum Gasteiger partial charge on any atom is -0.398 e. The number of nitrogens with zero attached hydrogens (tertiary/aromatic N) is 2. The Hall–Kier alpha value is -1.66. The van der Waals surface area contributed by atoms with E-state index in [4.69, 9.17) is 9.31 Å². The van der Waals surface area contributed by atoms with Crippen molar-refractivity contribution >= 4 is 18.7 Å². The van der Waals surface area contributed by atoms with Crippen molar-refractivity contribution in [1.29, 1.82) is 0 Å². The molecule has 4 nitrogen and oxygen atoms in total. The molecule has 0 N–H and O–H groups in total. The molecule has 6 heteroatoms.